The van der Waals surface area contributed by atoms with E-state index in [-0.39, 0.29) is 12.6 Å². The van der Waals surface area contributed by atoms with Crippen molar-refractivity contribution in [2.75, 3.05) is 6.61 Å². The summed E-state index contributed by atoms with van der Waals surface area (Å²) in [6, 6.07) is 0.189. The minimum atomic E-state index is 0.189. The second-order valence-corrected chi connectivity index (χ2v) is 3.55. The van der Waals surface area contributed by atoms with Gasteiger partial charge in [-0.15, -0.1) is 0 Å². The number of rotatable bonds is 5. The Balaban J connectivity index is 2.49. The van der Waals surface area contributed by atoms with Gasteiger partial charge in [0.1, 0.15) is 0 Å². The van der Waals surface area contributed by atoms with E-state index in [1.807, 2.05) is 24.9 Å². The maximum absolute atomic E-state index is 9.00. The van der Waals surface area contributed by atoms with Crippen molar-refractivity contribution in [3.63, 3.8) is 0 Å². The first-order valence-corrected chi connectivity index (χ1v) is 5.00. The lowest BCUT2D eigenvalue weighted by Gasteiger charge is -2.13. The molecule has 2 N–H and O–H groups in total. The number of nitrogens with zero attached hydrogens (tertiary/aromatic N) is 2. The van der Waals surface area contributed by atoms with Crippen molar-refractivity contribution in [3.05, 3.63) is 17.5 Å². The van der Waals surface area contributed by atoms with Crippen LogP contribution in [0.15, 0.2) is 6.20 Å². The van der Waals surface area contributed by atoms with Crippen LogP contribution in [-0.4, -0.2) is 27.5 Å². The van der Waals surface area contributed by atoms with E-state index in [2.05, 4.69) is 17.3 Å². The third-order valence-electron chi connectivity index (χ3n) is 2.63. The quantitative estimate of drug-likeness (QED) is 0.726. The summed E-state index contributed by atoms with van der Waals surface area (Å²) in [6.07, 6.45) is 2.81. The summed E-state index contributed by atoms with van der Waals surface area (Å²) in [5.74, 6) is 0. The van der Waals surface area contributed by atoms with Crippen LogP contribution < -0.4 is 5.32 Å². The van der Waals surface area contributed by atoms with Gasteiger partial charge >= 0.3 is 0 Å². The molecule has 1 aromatic rings. The van der Waals surface area contributed by atoms with E-state index < -0.39 is 0 Å². The maximum atomic E-state index is 9.00. The summed E-state index contributed by atoms with van der Waals surface area (Å²) in [7, 11) is 1.93. The molecular weight excluding hydrogens is 178 g/mol. The molecule has 0 spiro atoms. The first kappa shape index (κ1) is 11.2. The second-order valence-electron chi connectivity index (χ2n) is 3.55. The predicted octanol–water partition coefficient (Wildman–Crippen LogP) is 0.589. The van der Waals surface area contributed by atoms with Crippen LogP contribution in [-0.2, 0) is 13.6 Å². The van der Waals surface area contributed by atoms with E-state index in [0.29, 0.717) is 0 Å². The van der Waals surface area contributed by atoms with Gasteiger partial charge in [-0.25, -0.2) is 0 Å². The predicted molar refractivity (Wildman–Crippen MR) is 55.9 cm³/mol. The highest BCUT2D eigenvalue weighted by Gasteiger charge is 2.06. The van der Waals surface area contributed by atoms with Crippen LogP contribution in [0, 0.1) is 6.92 Å². The van der Waals surface area contributed by atoms with Crippen LogP contribution >= 0.6 is 0 Å². The maximum Gasteiger partial charge on any atom is 0.0584 e. The first-order chi connectivity index (χ1) is 6.69. The molecule has 0 saturated carbocycles. The molecule has 0 unspecified atom stereocenters. The van der Waals surface area contributed by atoms with Crippen molar-refractivity contribution in [2.24, 2.45) is 7.05 Å². The smallest absolute Gasteiger partial charge is 0.0584 e. The average Bonchev–Trinajstić information content (AvgIpc) is 2.51. The van der Waals surface area contributed by atoms with Gasteiger partial charge in [-0.05, 0) is 13.3 Å². The highest BCUT2D eigenvalue weighted by molar-refractivity contribution is 5.15. The molecule has 80 valence electrons. The number of nitrogens with one attached hydrogen (secondary N) is 1. The zero-order valence-corrected chi connectivity index (χ0v) is 9.12. The van der Waals surface area contributed by atoms with Crippen molar-refractivity contribution in [1.29, 1.82) is 0 Å². The SMILES string of the molecule is CC[C@H](CO)NCc1cnn(C)c1C. The molecule has 0 aliphatic rings. The molecule has 1 atom stereocenters. The summed E-state index contributed by atoms with van der Waals surface area (Å²) >= 11 is 0. The molecule has 0 aliphatic heterocycles. The molecule has 0 saturated heterocycles. The van der Waals surface area contributed by atoms with Crippen molar-refractivity contribution in [1.82, 2.24) is 15.1 Å². The fourth-order valence-corrected chi connectivity index (χ4v) is 1.31. The largest absolute Gasteiger partial charge is 0.395 e. The van der Waals surface area contributed by atoms with Gasteiger partial charge in [0.2, 0.25) is 0 Å². The Bertz CT molecular complexity index is 279. The highest BCUT2D eigenvalue weighted by Crippen LogP contribution is 2.05. The zero-order valence-electron chi connectivity index (χ0n) is 9.12. The van der Waals surface area contributed by atoms with Crippen molar-refractivity contribution in [2.45, 2.75) is 32.9 Å². The average molecular weight is 197 g/mol. The van der Waals surface area contributed by atoms with Gasteiger partial charge in [0.05, 0.1) is 12.8 Å². The van der Waals surface area contributed by atoms with Crippen molar-refractivity contribution in [3.8, 4) is 0 Å². The lowest BCUT2D eigenvalue weighted by atomic mass is 10.2. The summed E-state index contributed by atoms with van der Waals surface area (Å²) in [4.78, 5) is 0. The molecule has 0 amide bonds. The summed E-state index contributed by atoms with van der Waals surface area (Å²) < 4.78 is 1.86. The summed E-state index contributed by atoms with van der Waals surface area (Å²) in [6.45, 7) is 5.07. The van der Waals surface area contributed by atoms with Crippen LogP contribution in [0.25, 0.3) is 0 Å². The Morgan fingerprint density at radius 3 is 2.79 bits per heavy atom. The second kappa shape index (κ2) is 5.12. The first-order valence-electron chi connectivity index (χ1n) is 5.00. The van der Waals surface area contributed by atoms with Crippen LogP contribution in [0.5, 0.6) is 0 Å². The van der Waals surface area contributed by atoms with Gasteiger partial charge in [0, 0.05) is 30.9 Å². The van der Waals surface area contributed by atoms with Crippen LogP contribution in [0.2, 0.25) is 0 Å². The standard InChI is InChI=1S/C10H19N3O/c1-4-10(7-14)11-5-9-6-12-13(3)8(9)2/h6,10-11,14H,4-5,7H2,1-3H3/t10-/m1/s1. The number of aryl methyl sites for hydroxylation is 1. The summed E-state index contributed by atoms with van der Waals surface area (Å²) in [5, 5.41) is 16.4. The van der Waals surface area contributed by atoms with Crippen LogP contribution in [0.1, 0.15) is 24.6 Å². The minimum Gasteiger partial charge on any atom is -0.395 e. The molecule has 4 heteroatoms. The number of aliphatic hydroxyl groups is 1. The van der Waals surface area contributed by atoms with Crippen LogP contribution in [0.3, 0.4) is 0 Å². The fraction of sp³-hybridized carbons (Fsp3) is 0.700. The van der Waals surface area contributed by atoms with Crippen LogP contribution in [0.4, 0.5) is 0 Å². The van der Waals surface area contributed by atoms with E-state index in [1.54, 1.807) is 0 Å². The highest BCUT2D eigenvalue weighted by atomic mass is 16.3. The van der Waals surface area contributed by atoms with Gasteiger partial charge in [0.25, 0.3) is 0 Å². The molecule has 14 heavy (non-hydrogen) atoms. The van der Waals surface area contributed by atoms with E-state index in [0.717, 1.165) is 13.0 Å². The number of aromatic nitrogens is 2. The third kappa shape index (κ3) is 2.56. The van der Waals surface area contributed by atoms with E-state index in [9.17, 15) is 0 Å². The molecule has 1 aromatic heterocycles. The van der Waals surface area contributed by atoms with Gasteiger partial charge in [-0.1, -0.05) is 6.92 Å². The summed E-state index contributed by atoms with van der Waals surface area (Å²) in [5.41, 5.74) is 2.37. The monoisotopic (exact) mass is 197 g/mol. The zero-order chi connectivity index (χ0) is 10.6. The Morgan fingerprint density at radius 1 is 1.64 bits per heavy atom. The molecule has 0 fully saturated rings. The topological polar surface area (TPSA) is 50.1 Å². The van der Waals surface area contributed by atoms with Gasteiger partial charge in [0.15, 0.2) is 0 Å². The molecule has 0 radical (unpaired) electrons. The van der Waals surface area contributed by atoms with E-state index in [4.69, 9.17) is 5.11 Å². The van der Waals surface area contributed by atoms with Crippen molar-refractivity contribution < 1.29 is 5.11 Å². The van der Waals surface area contributed by atoms with Gasteiger partial charge in [-0.3, -0.25) is 4.68 Å². The molecule has 0 bridgehead atoms. The Hall–Kier alpha value is -0.870. The molecule has 4 nitrogen and oxygen atoms in total. The van der Waals surface area contributed by atoms with Crippen molar-refractivity contribution >= 4 is 0 Å². The molecule has 1 heterocycles. The molecule has 0 aromatic carbocycles. The van der Waals surface area contributed by atoms with E-state index in [1.165, 1.54) is 11.3 Å². The van der Waals surface area contributed by atoms with Gasteiger partial charge in [-0.2, -0.15) is 5.10 Å². The molecule has 0 aliphatic carbocycles. The fourth-order valence-electron chi connectivity index (χ4n) is 1.31. The number of hydrogen-bond acceptors (Lipinski definition) is 3. The lowest BCUT2D eigenvalue weighted by molar-refractivity contribution is 0.238. The lowest BCUT2D eigenvalue weighted by Crippen LogP contribution is -2.31. The molecular formula is C10H19N3O. The third-order valence-corrected chi connectivity index (χ3v) is 2.63. The number of hydrogen-bond donors (Lipinski definition) is 2. The Morgan fingerprint density at radius 2 is 2.36 bits per heavy atom. The van der Waals surface area contributed by atoms with E-state index >= 15 is 0 Å². The Kier molecular flexibility index (Phi) is 4.10. The normalized spacial score (nSPS) is 13.1. The Labute approximate surface area is 84.9 Å². The minimum absolute atomic E-state index is 0.189. The molecule has 1 rings (SSSR count). The number of aliphatic hydroxyl groups excluding tert-OH is 1. The van der Waals surface area contributed by atoms with Gasteiger partial charge < -0.3 is 10.4 Å².